The van der Waals surface area contributed by atoms with Gasteiger partial charge in [0.15, 0.2) is 17.5 Å². The highest BCUT2D eigenvalue weighted by Crippen LogP contribution is 2.28. The summed E-state index contributed by atoms with van der Waals surface area (Å²) in [5.41, 5.74) is 0.403. The number of piperazine rings is 3. The van der Waals surface area contributed by atoms with Gasteiger partial charge in [-0.05, 0) is 165 Å². The first-order chi connectivity index (χ1) is 45.3. The molecule has 3 saturated heterocycles. The maximum absolute atomic E-state index is 12.9. The Morgan fingerprint density at radius 1 is 0.433 bits per heavy atom. The number of benzene rings is 3. The number of hydrogen-bond donors (Lipinski definition) is 5. The fourth-order valence-corrected chi connectivity index (χ4v) is 10.6. The lowest BCUT2D eigenvalue weighted by molar-refractivity contribution is 0.0136. The molecule has 0 bridgehead atoms. The Morgan fingerprint density at radius 2 is 0.691 bits per heavy atom. The minimum absolute atomic E-state index is 0.0237. The number of carbonyl (C=O) groups excluding carboxylic acids is 8. The van der Waals surface area contributed by atoms with Gasteiger partial charge in [0, 0.05) is 117 Å². The molecule has 0 aliphatic carbocycles. The summed E-state index contributed by atoms with van der Waals surface area (Å²) in [5.74, 6) is -2.12. The van der Waals surface area contributed by atoms with Gasteiger partial charge in [-0.25, -0.2) is 34.1 Å². The van der Waals surface area contributed by atoms with Crippen molar-refractivity contribution >= 4 is 153 Å². The summed E-state index contributed by atoms with van der Waals surface area (Å²) in [4.78, 5) is 130. The maximum atomic E-state index is 12.9. The number of amides is 8. The summed E-state index contributed by atoms with van der Waals surface area (Å²) < 4.78 is 22.8. The van der Waals surface area contributed by atoms with Crippen molar-refractivity contribution in [3.8, 4) is 0 Å². The van der Waals surface area contributed by atoms with Gasteiger partial charge in [-0.3, -0.25) is 24.0 Å². The van der Waals surface area contributed by atoms with Crippen molar-refractivity contribution in [3.05, 3.63) is 136 Å². The van der Waals surface area contributed by atoms with Gasteiger partial charge in [-0.2, -0.15) is 0 Å². The number of aromatic nitrogens is 6. The minimum Gasteiger partial charge on any atom is -0.478 e. The summed E-state index contributed by atoms with van der Waals surface area (Å²) in [7, 11) is 5.11. The van der Waals surface area contributed by atoms with Gasteiger partial charge in [0.2, 0.25) is 0 Å². The number of carbonyl (C=O) groups is 9. The molecule has 3 fully saturated rings. The largest absolute Gasteiger partial charge is 0.478 e. The van der Waals surface area contributed by atoms with Crippen LogP contribution in [-0.4, -0.2) is 207 Å². The zero-order valence-electron chi connectivity index (χ0n) is 55.4. The fourth-order valence-electron chi connectivity index (χ4n) is 9.01. The summed E-state index contributed by atoms with van der Waals surface area (Å²) in [5, 5.41) is 20.6. The molecule has 0 spiro atoms. The van der Waals surface area contributed by atoms with Crippen molar-refractivity contribution < 1.29 is 62.5 Å². The monoisotopic (exact) mass is 1590 g/mol. The Labute approximate surface area is 601 Å². The Balaban J connectivity index is 0.000000215. The van der Waals surface area contributed by atoms with Crippen molar-refractivity contribution in [2.24, 2.45) is 21.1 Å². The number of ether oxygens (including phenoxy) is 3. The van der Waals surface area contributed by atoms with Crippen LogP contribution in [0.2, 0.25) is 15.1 Å². The smallest absolute Gasteiger partial charge is 0.410 e. The predicted octanol–water partition coefficient (Wildman–Crippen LogP) is 11.2. The van der Waals surface area contributed by atoms with Gasteiger partial charge in [-0.1, -0.05) is 34.8 Å². The Hall–Kier alpha value is -7.81. The van der Waals surface area contributed by atoms with Crippen molar-refractivity contribution in [1.29, 1.82) is 0 Å². The lowest BCUT2D eigenvalue weighted by atomic mass is 10.1. The third kappa shape index (κ3) is 22.9. The molecule has 34 heteroatoms. The predicted molar refractivity (Wildman–Crippen MR) is 376 cm³/mol. The van der Waals surface area contributed by atoms with Gasteiger partial charge in [0.1, 0.15) is 30.6 Å². The van der Waals surface area contributed by atoms with Gasteiger partial charge in [0.25, 0.3) is 29.5 Å². The van der Waals surface area contributed by atoms with E-state index in [-0.39, 0.29) is 73.8 Å². The highest BCUT2D eigenvalue weighted by Gasteiger charge is 2.32. The van der Waals surface area contributed by atoms with E-state index >= 15 is 0 Å². The molecular weight excluding hydrogens is 1520 g/mol. The Bertz CT molecular complexity index is 3710. The molecule has 6 aromatic rings. The molecule has 3 aromatic carbocycles. The molecule has 5 N–H and O–H groups in total. The molecule has 28 nitrogen and oxygen atoms in total. The topological polar surface area (TPSA) is 319 Å². The molecule has 3 aromatic heterocycles. The van der Waals surface area contributed by atoms with E-state index in [9.17, 15) is 43.2 Å². The molecule has 3 aliphatic heterocycles. The van der Waals surface area contributed by atoms with Crippen LogP contribution in [-0.2, 0) is 35.4 Å². The number of rotatable bonds is 9. The van der Waals surface area contributed by atoms with Crippen molar-refractivity contribution in [2.45, 2.75) is 79.1 Å². The normalized spacial score (nSPS) is 14.1. The average Bonchev–Trinajstić information content (AvgIpc) is 1.52. The van der Waals surface area contributed by atoms with E-state index in [1.54, 1.807) is 83.6 Å². The van der Waals surface area contributed by atoms with Gasteiger partial charge in [0.05, 0.1) is 50.3 Å². The van der Waals surface area contributed by atoms with Crippen LogP contribution in [0.5, 0.6) is 0 Å². The summed E-state index contributed by atoms with van der Waals surface area (Å²) >= 11 is 28.4. The second-order valence-corrected chi connectivity index (χ2v) is 28.5. The Kier molecular flexibility index (Phi) is 27.5. The number of imidazole rings is 3. The first kappa shape index (κ1) is 78.2. The first-order valence-corrected chi connectivity index (χ1v) is 33.6. The van der Waals surface area contributed by atoms with Crippen LogP contribution >= 0.6 is 82.6 Å². The highest BCUT2D eigenvalue weighted by atomic mass is 79.9. The van der Waals surface area contributed by atoms with E-state index in [1.807, 2.05) is 62.3 Å². The van der Waals surface area contributed by atoms with Crippen molar-refractivity contribution in [1.82, 2.24) is 58.5 Å². The lowest BCUT2D eigenvalue weighted by Gasteiger charge is -2.35. The summed E-state index contributed by atoms with van der Waals surface area (Å²) in [6, 6.07) is 13.6. The standard InChI is InChI=1S/2C21H25BrClN5O4.C12H9BrClN3O3.C9H18N2O2/c2*1-21(2,3)32-20(31)28-9-7-27(8-10-28)19(30)14-6-5-13(11-15(14)23)25-18(29)17-24-12-16(22)26(17)4;1-17-9(13)5-15-10(17)11(18)16-6-2-3-7(12(19)20)8(14)4-6;1-9(2,3)13-8(12)11-6-4-10-5-7-11/h2*5-6,11-12H,7-10H2,1-4H3,(H,25,29);2-5H,1H3,(H,16,18)(H,19,20);10H,4-7H2,1-3H3. The molecule has 8 amide bonds. The molecule has 0 saturated carbocycles. The van der Waals surface area contributed by atoms with E-state index < -0.39 is 34.9 Å². The maximum Gasteiger partial charge on any atom is 0.410 e. The second kappa shape index (κ2) is 34.1. The van der Waals surface area contributed by atoms with Crippen molar-refractivity contribution in [3.63, 3.8) is 0 Å². The summed E-state index contributed by atoms with van der Waals surface area (Å²) in [6.45, 7) is 22.8. The third-order valence-corrected chi connectivity index (χ3v) is 17.1. The first-order valence-electron chi connectivity index (χ1n) is 30.1. The Morgan fingerprint density at radius 3 is 0.928 bits per heavy atom. The van der Waals surface area contributed by atoms with Crippen LogP contribution in [0.4, 0.5) is 31.4 Å². The quantitative estimate of drug-likeness (QED) is 0.0840. The van der Waals surface area contributed by atoms with Gasteiger partial charge >= 0.3 is 24.2 Å². The second-order valence-electron chi connectivity index (χ2n) is 24.9. The molecule has 0 radical (unpaired) electrons. The molecule has 97 heavy (non-hydrogen) atoms. The number of aromatic carboxylic acids is 1. The number of nitrogens with zero attached hydrogens (tertiary/aromatic N) is 11. The SMILES string of the molecule is CC(C)(C)OC(=O)N1CCNCC1.Cn1c(Br)cnc1C(=O)Nc1ccc(C(=O)N2CCN(C(=O)OC(C)(C)C)CC2)c(Cl)c1.Cn1c(Br)cnc1C(=O)Nc1ccc(C(=O)N2CCN(C(=O)OC(C)(C)C)CC2)c(Cl)c1.Cn1c(Br)cnc1C(=O)Nc1ccc(C(=O)O)c(Cl)c1. The highest BCUT2D eigenvalue weighted by molar-refractivity contribution is 9.11. The average molecular weight is 1600 g/mol. The van der Waals surface area contributed by atoms with E-state index in [4.69, 9.17) is 54.1 Å². The van der Waals surface area contributed by atoms with Crippen LogP contribution in [0.25, 0.3) is 0 Å². The van der Waals surface area contributed by atoms with Gasteiger partial charge < -0.3 is 78.8 Å². The molecular formula is C63H77Br3Cl3N15O13. The van der Waals surface area contributed by atoms with E-state index in [0.717, 1.165) is 26.2 Å². The number of anilines is 3. The van der Waals surface area contributed by atoms with Crippen LogP contribution in [0.3, 0.4) is 0 Å². The van der Waals surface area contributed by atoms with E-state index in [0.29, 0.717) is 94.4 Å². The molecule has 524 valence electrons. The van der Waals surface area contributed by atoms with Crippen LogP contribution < -0.4 is 21.3 Å². The van der Waals surface area contributed by atoms with Crippen molar-refractivity contribution in [2.75, 3.05) is 94.5 Å². The number of carboxylic acid groups (broad SMARTS) is 1. The molecule has 6 heterocycles. The zero-order chi connectivity index (χ0) is 72.0. The van der Waals surface area contributed by atoms with Gasteiger partial charge in [-0.15, -0.1) is 0 Å². The lowest BCUT2D eigenvalue weighted by Crippen LogP contribution is -2.51. The summed E-state index contributed by atoms with van der Waals surface area (Å²) in [6.07, 6.45) is 3.60. The number of halogens is 6. The fraction of sp³-hybridized carbons (Fsp3) is 0.429. The number of hydrogen-bond acceptors (Lipinski definition) is 16. The third-order valence-electron chi connectivity index (χ3n) is 14.0. The molecule has 0 atom stereocenters. The number of nitrogens with one attached hydrogen (secondary N) is 4. The van der Waals surface area contributed by atoms with E-state index in [1.165, 1.54) is 48.9 Å². The molecule has 3 aliphatic rings. The molecule has 0 unspecified atom stereocenters. The van der Waals surface area contributed by atoms with Crippen LogP contribution in [0.15, 0.2) is 87.0 Å². The number of carboxylic acids is 1. The van der Waals surface area contributed by atoms with Crippen LogP contribution in [0.1, 0.15) is 125 Å². The van der Waals surface area contributed by atoms with E-state index in [2.05, 4.69) is 84.0 Å². The minimum atomic E-state index is -1.12. The van der Waals surface area contributed by atoms with Crippen LogP contribution in [0, 0.1) is 0 Å². The zero-order valence-corrected chi connectivity index (χ0v) is 62.5. The molecule has 9 rings (SSSR count).